The van der Waals surface area contributed by atoms with Gasteiger partial charge in [-0.15, -0.1) is 5.11 Å². The third kappa shape index (κ3) is 4.31. The van der Waals surface area contributed by atoms with E-state index in [1.165, 1.54) is 31.2 Å². The summed E-state index contributed by atoms with van der Waals surface area (Å²) in [5.74, 6) is 0. The maximum atomic E-state index is 12.9. The highest BCUT2D eigenvalue weighted by molar-refractivity contribution is 5.56. The highest BCUT2D eigenvalue weighted by Gasteiger charge is 2.33. The molecule has 11 nitrogen and oxygen atoms in total. The summed E-state index contributed by atoms with van der Waals surface area (Å²) in [6, 6.07) is 6.70. The predicted molar refractivity (Wildman–Crippen MR) is 100 cm³/mol. The summed E-state index contributed by atoms with van der Waals surface area (Å²) in [4.78, 5) is 33.0. The lowest BCUT2D eigenvalue weighted by Gasteiger charge is -2.08. The number of nitro benzene ring substituents is 2. The van der Waals surface area contributed by atoms with Gasteiger partial charge in [-0.1, -0.05) is 0 Å². The number of alkyl halides is 3. The van der Waals surface area contributed by atoms with Gasteiger partial charge in [0.15, 0.2) is 5.69 Å². The lowest BCUT2D eigenvalue weighted by Crippen LogP contribution is -2.16. The summed E-state index contributed by atoms with van der Waals surface area (Å²) in [5, 5.41) is 32.0. The fourth-order valence-electron chi connectivity index (χ4n) is 2.61. The van der Waals surface area contributed by atoms with Crippen molar-refractivity contribution >= 4 is 22.7 Å². The molecule has 0 unspecified atom stereocenters. The topological polar surface area (TPSA) is 149 Å². The molecule has 0 bridgehead atoms. The van der Waals surface area contributed by atoms with Crippen molar-refractivity contribution in [2.45, 2.75) is 13.1 Å². The second kappa shape index (κ2) is 7.81. The Labute approximate surface area is 169 Å². The lowest BCUT2D eigenvalue weighted by atomic mass is 10.1. The summed E-state index contributed by atoms with van der Waals surface area (Å²) >= 11 is 0. The number of rotatable bonds is 5. The second-order valence-corrected chi connectivity index (χ2v) is 6.16. The van der Waals surface area contributed by atoms with Gasteiger partial charge in [0.2, 0.25) is 0 Å². The Hall–Kier alpha value is -4.36. The average molecular weight is 436 g/mol. The fourth-order valence-corrected chi connectivity index (χ4v) is 2.61. The summed E-state index contributed by atoms with van der Waals surface area (Å²) in [6.45, 7) is 1.41. The number of nitro groups is 2. The second-order valence-electron chi connectivity index (χ2n) is 6.16. The van der Waals surface area contributed by atoms with Crippen LogP contribution in [-0.2, 0) is 6.18 Å². The smallest absolute Gasteiger partial charge is 0.293 e. The molecule has 1 N–H and O–H groups in total. The van der Waals surface area contributed by atoms with Crippen LogP contribution in [0.4, 0.5) is 35.9 Å². The number of aryl methyl sites for hydroxylation is 1. The lowest BCUT2D eigenvalue weighted by molar-refractivity contribution is -0.385. The molecule has 160 valence electrons. The highest BCUT2D eigenvalue weighted by atomic mass is 19.4. The first kappa shape index (κ1) is 21.4. The molecular weight excluding hydrogens is 425 g/mol. The Morgan fingerprint density at radius 2 is 1.65 bits per heavy atom. The maximum absolute atomic E-state index is 12.9. The Morgan fingerprint density at radius 1 is 1.00 bits per heavy atom. The molecular formula is C17H11F3N6O5. The number of aromatic amines is 1. The number of benzene rings is 2. The number of halogens is 3. The molecule has 2 aromatic carbocycles. The molecule has 0 spiro atoms. The molecule has 14 heteroatoms. The minimum Gasteiger partial charge on any atom is -0.293 e. The van der Waals surface area contributed by atoms with Crippen molar-refractivity contribution < 1.29 is 23.0 Å². The highest BCUT2D eigenvalue weighted by Crippen LogP contribution is 2.34. The van der Waals surface area contributed by atoms with Crippen molar-refractivity contribution in [1.29, 1.82) is 0 Å². The van der Waals surface area contributed by atoms with E-state index in [2.05, 4.69) is 15.3 Å². The van der Waals surface area contributed by atoms with Crippen molar-refractivity contribution in [1.82, 2.24) is 9.78 Å². The third-order valence-corrected chi connectivity index (χ3v) is 4.11. The van der Waals surface area contributed by atoms with Crippen molar-refractivity contribution in [2.24, 2.45) is 10.2 Å². The van der Waals surface area contributed by atoms with Gasteiger partial charge in [0, 0.05) is 18.2 Å². The van der Waals surface area contributed by atoms with Crippen LogP contribution in [0.25, 0.3) is 5.69 Å². The van der Waals surface area contributed by atoms with Crippen LogP contribution in [0.5, 0.6) is 0 Å². The molecule has 0 fully saturated rings. The largest absolute Gasteiger partial charge is 0.416 e. The van der Waals surface area contributed by atoms with Gasteiger partial charge < -0.3 is 0 Å². The molecule has 0 atom stereocenters. The fraction of sp³-hybridized carbons (Fsp3) is 0.118. The van der Waals surface area contributed by atoms with E-state index in [-0.39, 0.29) is 22.8 Å². The Bertz CT molecular complexity index is 1260. The van der Waals surface area contributed by atoms with Crippen LogP contribution in [0.2, 0.25) is 0 Å². The quantitative estimate of drug-likeness (QED) is 0.349. The number of hydrogen-bond donors (Lipinski definition) is 1. The molecule has 0 amide bonds. The molecule has 1 heterocycles. The summed E-state index contributed by atoms with van der Waals surface area (Å²) in [5.41, 5.74) is -3.55. The van der Waals surface area contributed by atoms with Gasteiger partial charge >= 0.3 is 6.18 Å². The van der Waals surface area contributed by atoms with Gasteiger partial charge in [-0.2, -0.15) is 18.3 Å². The van der Waals surface area contributed by atoms with Gasteiger partial charge in [-0.05, 0) is 31.2 Å². The first-order valence-electron chi connectivity index (χ1n) is 8.33. The first-order chi connectivity index (χ1) is 14.5. The zero-order valence-corrected chi connectivity index (χ0v) is 15.5. The van der Waals surface area contributed by atoms with E-state index >= 15 is 0 Å². The van der Waals surface area contributed by atoms with E-state index in [4.69, 9.17) is 0 Å². The minimum absolute atomic E-state index is 0.143. The van der Waals surface area contributed by atoms with Gasteiger partial charge in [-0.25, -0.2) is 4.68 Å². The zero-order chi connectivity index (χ0) is 22.9. The zero-order valence-electron chi connectivity index (χ0n) is 15.5. The van der Waals surface area contributed by atoms with E-state index in [9.17, 15) is 38.2 Å². The summed E-state index contributed by atoms with van der Waals surface area (Å²) < 4.78 is 39.3. The predicted octanol–water partition coefficient (Wildman–Crippen LogP) is 4.72. The van der Waals surface area contributed by atoms with Gasteiger partial charge in [0.25, 0.3) is 16.9 Å². The van der Waals surface area contributed by atoms with Crippen molar-refractivity contribution in [3.8, 4) is 5.69 Å². The molecule has 0 aliphatic carbocycles. The molecule has 3 rings (SSSR count). The maximum Gasteiger partial charge on any atom is 0.416 e. The van der Waals surface area contributed by atoms with Crippen LogP contribution in [-0.4, -0.2) is 19.6 Å². The Morgan fingerprint density at radius 3 is 2.19 bits per heavy atom. The SMILES string of the molecule is Cc1[nH]n(-c2ccc(C(F)(F)F)cc2[N+](=O)[O-])c(=O)c1N=Nc1ccc([N+](=O)[O-])cc1. The van der Waals surface area contributed by atoms with Crippen LogP contribution in [0.3, 0.4) is 0 Å². The molecule has 0 saturated heterocycles. The standard InChI is InChI=1S/C17H11F3N6O5/c1-9-15(22-21-11-3-5-12(6-4-11)25(28)29)16(27)24(23-9)13-7-2-10(17(18,19)20)8-14(13)26(30)31/h2-8,23H,1H3. The number of non-ortho nitro benzene ring substituents is 1. The number of aromatic nitrogens is 2. The monoisotopic (exact) mass is 436 g/mol. The van der Waals surface area contributed by atoms with Crippen LogP contribution in [0.1, 0.15) is 11.3 Å². The van der Waals surface area contributed by atoms with Crippen molar-refractivity contribution in [3.63, 3.8) is 0 Å². The summed E-state index contributed by atoms with van der Waals surface area (Å²) in [7, 11) is 0. The molecule has 0 radical (unpaired) electrons. The average Bonchev–Trinajstić information content (AvgIpc) is 2.99. The molecule has 0 saturated carbocycles. The van der Waals surface area contributed by atoms with Crippen molar-refractivity contribution in [3.05, 3.63) is 84.3 Å². The number of azo groups is 1. The molecule has 1 aromatic heterocycles. The number of nitrogens with zero attached hydrogens (tertiary/aromatic N) is 5. The van der Waals surface area contributed by atoms with E-state index in [0.717, 1.165) is 6.07 Å². The van der Waals surface area contributed by atoms with E-state index in [0.29, 0.717) is 16.8 Å². The van der Waals surface area contributed by atoms with Gasteiger partial charge in [0.05, 0.1) is 26.8 Å². The van der Waals surface area contributed by atoms with Crippen LogP contribution < -0.4 is 5.56 Å². The van der Waals surface area contributed by atoms with Gasteiger partial charge in [-0.3, -0.25) is 30.1 Å². The van der Waals surface area contributed by atoms with Crippen LogP contribution >= 0.6 is 0 Å². The van der Waals surface area contributed by atoms with E-state index < -0.39 is 38.5 Å². The third-order valence-electron chi connectivity index (χ3n) is 4.11. The molecule has 3 aromatic rings. The minimum atomic E-state index is -4.80. The first-order valence-corrected chi connectivity index (χ1v) is 8.33. The van der Waals surface area contributed by atoms with E-state index in [1.54, 1.807) is 0 Å². The molecule has 0 aliphatic heterocycles. The molecule has 0 aliphatic rings. The Balaban J connectivity index is 2.03. The number of H-pyrrole nitrogens is 1. The van der Waals surface area contributed by atoms with E-state index in [1.807, 2.05) is 0 Å². The van der Waals surface area contributed by atoms with Gasteiger partial charge in [0.1, 0.15) is 5.69 Å². The summed E-state index contributed by atoms with van der Waals surface area (Å²) in [6.07, 6.45) is -4.80. The van der Waals surface area contributed by atoms with Crippen molar-refractivity contribution in [2.75, 3.05) is 0 Å². The Kier molecular flexibility index (Phi) is 5.38. The number of hydrogen-bond acceptors (Lipinski definition) is 7. The van der Waals surface area contributed by atoms with Crippen LogP contribution in [0.15, 0.2) is 57.5 Å². The van der Waals surface area contributed by atoms with Crippen LogP contribution in [0, 0.1) is 27.2 Å². The normalized spacial score (nSPS) is 11.7. The number of nitrogens with one attached hydrogen (secondary N) is 1. The molecule has 31 heavy (non-hydrogen) atoms.